The molecule has 0 aromatic carbocycles. The van der Waals surface area contributed by atoms with Crippen molar-refractivity contribution in [3.63, 3.8) is 0 Å². The molecule has 2 saturated carbocycles. The Labute approximate surface area is 124 Å². The van der Waals surface area contributed by atoms with E-state index >= 15 is 0 Å². The number of imide groups is 1. The lowest BCUT2D eigenvalue weighted by atomic mass is 9.70. The third-order valence-corrected chi connectivity index (χ3v) is 6.37. The van der Waals surface area contributed by atoms with Crippen molar-refractivity contribution in [2.24, 2.45) is 35.5 Å². The molecule has 10 heteroatoms. The van der Waals surface area contributed by atoms with Crippen molar-refractivity contribution < 1.29 is 35.5 Å². The van der Waals surface area contributed by atoms with Crippen LogP contribution in [0.3, 0.4) is 0 Å². The number of rotatable bonds is 2. The first-order chi connectivity index (χ1) is 9.97. The second kappa shape index (κ2) is 4.44. The third kappa shape index (κ3) is 1.86. The molecule has 3 rings (SSSR count). The average Bonchev–Trinajstić information content (AvgIpc) is 2.97. The van der Waals surface area contributed by atoms with Gasteiger partial charge in [-0.2, -0.15) is 21.6 Å². The van der Waals surface area contributed by atoms with Crippen molar-refractivity contribution in [1.29, 1.82) is 0 Å². The second-order valence-corrected chi connectivity index (χ2v) is 7.80. The molecule has 0 radical (unpaired) electrons. The zero-order valence-electron chi connectivity index (χ0n) is 11.7. The molecule has 6 atom stereocenters. The van der Waals surface area contributed by atoms with Crippen LogP contribution in [0.5, 0.6) is 0 Å². The molecule has 2 amide bonds. The Balaban J connectivity index is 1.89. The van der Waals surface area contributed by atoms with Gasteiger partial charge in [0.1, 0.15) is 0 Å². The van der Waals surface area contributed by atoms with Gasteiger partial charge in [0, 0.05) is 0 Å². The van der Waals surface area contributed by atoms with Crippen LogP contribution in [0.15, 0.2) is 0 Å². The first-order valence-electron chi connectivity index (χ1n) is 6.86. The maximum atomic E-state index is 12.4. The molecule has 2 bridgehead atoms. The molecule has 124 valence electrons. The van der Waals surface area contributed by atoms with Crippen LogP contribution in [-0.2, 0) is 24.0 Å². The molecule has 0 aromatic heterocycles. The highest BCUT2D eigenvalue weighted by molar-refractivity contribution is 7.87. The maximum Gasteiger partial charge on any atom is 0.525 e. The van der Waals surface area contributed by atoms with Gasteiger partial charge in [0.15, 0.2) is 0 Å². The van der Waals surface area contributed by atoms with Gasteiger partial charge in [-0.3, -0.25) is 9.59 Å². The fourth-order valence-electron chi connectivity index (χ4n) is 4.27. The number of hydrogen-bond acceptors (Lipinski definition) is 5. The van der Waals surface area contributed by atoms with Crippen molar-refractivity contribution in [3.8, 4) is 0 Å². The number of carbonyl (C=O) groups excluding carboxylic acids is 2. The van der Waals surface area contributed by atoms with Gasteiger partial charge in [-0.1, -0.05) is 13.8 Å². The van der Waals surface area contributed by atoms with Crippen LogP contribution >= 0.6 is 0 Å². The Hall–Kier alpha value is -1.16. The zero-order valence-corrected chi connectivity index (χ0v) is 12.5. The van der Waals surface area contributed by atoms with Gasteiger partial charge in [0.05, 0.1) is 11.8 Å². The van der Waals surface area contributed by atoms with E-state index < -0.39 is 39.3 Å². The molecule has 2 aliphatic carbocycles. The standard InChI is InChI=1S/C12H14F3NO5S/c1-4-5(2)7-3-6(4)8-9(7)11(18)16(10(8)17)21-22(19,20)12(13,14)15/h4-9H,3H2,1-2H3. The highest BCUT2D eigenvalue weighted by atomic mass is 32.2. The largest absolute Gasteiger partial charge is 0.525 e. The monoisotopic (exact) mass is 341 g/mol. The van der Waals surface area contributed by atoms with Crippen molar-refractivity contribution in [1.82, 2.24) is 5.06 Å². The van der Waals surface area contributed by atoms with E-state index in [1.165, 1.54) is 0 Å². The lowest BCUT2D eigenvalue weighted by molar-refractivity contribution is -0.169. The van der Waals surface area contributed by atoms with E-state index in [-0.39, 0.29) is 28.7 Å². The van der Waals surface area contributed by atoms with E-state index in [9.17, 15) is 31.2 Å². The second-order valence-electron chi connectivity index (χ2n) is 6.28. The summed E-state index contributed by atoms with van der Waals surface area (Å²) in [7, 11) is -6.04. The molecule has 1 aliphatic heterocycles. The predicted octanol–water partition coefficient (Wildman–Crippen LogP) is 1.29. The maximum absolute atomic E-state index is 12.4. The number of nitrogens with zero attached hydrogens (tertiary/aromatic N) is 1. The zero-order chi connectivity index (χ0) is 16.6. The Kier molecular flexibility index (Phi) is 3.17. The van der Waals surface area contributed by atoms with E-state index in [0.29, 0.717) is 6.42 Å². The summed E-state index contributed by atoms with van der Waals surface area (Å²) in [5.74, 6) is -3.43. The first-order valence-corrected chi connectivity index (χ1v) is 8.27. The van der Waals surface area contributed by atoms with E-state index in [0.717, 1.165) is 0 Å². The fraction of sp³-hybridized carbons (Fsp3) is 0.833. The van der Waals surface area contributed by atoms with Crippen molar-refractivity contribution in [3.05, 3.63) is 0 Å². The number of amides is 2. The quantitative estimate of drug-likeness (QED) is 0.558. The van der Waals surface area contributed by atoms with Crippen molar-refractivity contribution >= 4 is 21.9 Å². The number of hydrogen-bond donors (Lipinski definition) is 0. The van der Waals surface area contributed by atoms with Crippen LogP contribution in [0.25, 0.3) is 0 Å². The number of carbonyl (C=O) groups is 2. The predicted molar refractivity (Wildman–Crippen MR) is 64.8 cm³/mol. The summed E-state index contributed by atoms with van der Waals surface area (Å²) in [5.41, 5.74) is -5.69. The van der Waals surface area contributed by atoms with Crippen molar-refractivity contribution in [2.75, 3.05) is 0 Å². The van der Waals surface area contributed by atoms with E-state index in [1.54, 1.807) is 0 Å². The molecule has 0 N–H and O–H groups in total. The summed E-state index contributed by atoms with van der Waals surface area (Å²) >= 11 is 0. The molecule has 3 fully saturated rings. The van der Waals surface area contributed by atoms with Gasteiger partial charge in [-0.05, 0) is 30.1 Å². The van der Waals surface area contributed by atoms with Crippen LogP contribution in [0.2, 0.25) is 0 Å². The molecule has 6 nitrogen and oxygen atoms in total. The molecule has 0 aromatic rings. The number of alkyl halides is 3. The third-order valence-electron chi connectivity index (χ3n) is 5.46. The van der Waals surface area contributed by atoms with Gasteiger partial charge < -0.3 is 0 Å². The lowest BCUT2D eigenvalue weighted by Gasteiger charge is -2.31. The van der Waals surface area contributed by atoms with Gasteiger partial charge in [0.25, 0.3) is 11.8 Å². The minimum absolute atomic E-state index is 0.122. The Bertz CT molecular complexity index is 614. The molecular formula is C12H14F3NO5S. The van der Waals surface area contributed by atoms with Gasteiger partial charge in [0.2, 0.25) is 0 Å². The average molecular weight is 341 g/mol. The highest BCUT2D eigenvalue weighted by Crippen LogP contribution is 2.61. The molecule has 22 heavy (non-hydrogen) atoms. The Morgan fingerprint density at radius 2 is 1.45 bits per heavy atom. The lowest BCUT2D eigenvalue weighted by Crippen LogP contribution is -2.39. The SMILES string of the molecule is CC1C(C)C2CC1C1C(=O)N(OS(=O)(=O)C(F)(F)F)C(=O)C21. The molecule has 6 unspecified atom stereocenters. The Morgan fingerprint density at radius 1 is 1.05 bits per heavy atom. The molecule has 3 aliphatic rings. The molecule has 1 heterocycles. The normalized spacial score (nSPS) is 41.4. The summed E-state index contributed by atoms with van der Waals surface area (Å²) in [6.07, 6.45) is 0.662. The van der Waals surface area contributed by atoms with E-state index in [2.05, 4.69) is 4.28 Å². The topological polar surface area (TPSA) is 80.8 Å². The van der Waals surface area contributed by atoms with E-state index in [1.807, 2.05) is 13.8 Å². The van der Waals surface area contributed by atoms with Gasteiger partial charge in [-0.15, -0.1) is 9.35 Å². The Morgan fingerprint density at radius 3 is 1.82 bits per heavy atom. The number of hydroxylamine groups is 2. The molecular weight excluding hydrogens is 327 g/mol. The van der Waals surface area contributed by atoms with E-state index in [4.69, 9.17) is 0 Å². The number of fused-ring (bicyclic) bond motifs is 5. The van der Waals surface area contributed by atoms with Crippen LogP contribution < -0.4 is 0 Å². The molecule has 1 saturated heterocycles. The highest BCUT2D eigenvalue weighted by Gasteiger charge is 2.67. The summed E-state index contributed by atoms with van der Waals surface area (Å²) in [6, 6.07) is 0. The summed E-state index contributed by atoms with van der Waals surface area (Å²) in [4.78, 5) is 24.4. The fourth-order valence-corrected chi connectivity index (χ4v) is 4.70. The first kappa shape index (κ1) is 15.7. The van der Waals surface area contributed by atoms with Gasteiger partial charge >= 0.3 is 15.6 Å². The summed E-state index contributed by atoms with van der Waals surface area (Å²) in [5, 5.41) is -0.192. The minimum atomic E-state index is -6.04. The van der Waals surface area contributed by atoms with Crippen molar-refractivity contribution in [2.45, 2.75) is 25.8 Å². The minimum Gasteiger partial charge on any atom is -0.272 e. The van der Waals surface area contributed by atoms with Crippen LogP contribution in [-0.4, -0.2) is 30.8 Å². The molecule has 0 spiro atoms. The van der Waals surface area contributed by atoms with Crippen LogP contribution in [0.4, 0.5) is 13.2 Å². The summed E-state index contributed by atoms with van der Waals surface area (Å²) in [6.45, 7) is 3.86. The smallest absolute Gasteiger partial charge is 0.272 e. The van der Waals surface area contributed by atoms with Crippen LogP contribution in [0, 0.1) is 35.5 Å². The van der Waals surface area contributed by atoms with Crippen LogP contribution in [0.1, 0.15) is 20.3 Å². The van der Waals surface area contributed by atoms with Gasteiger partial charge in [-0.25, -0.2) is 0 Å². The summed E-state index contributed by atoms with van der Waals surface area (Å²) < 4.78 is 62.9. The number of halogens is 3.